The molecule has 0 bridgehead atoms. The molecule has 0 aliphatic rings. The van der Waals surface area contributed by atoms with E-state index in [0.717, 1.165) is 27.8 Å². The summed E-state index contributed by atoms with van der Waals surface area (Å²) in [5, 5.41) is 10.9. The monoisotopic (exact) mass is 194 g/mol. The van der Waals surface area contributed by atoms with Gasteiger partial charge in [-0.2, -0.15) is 0 Å². The van der Waals surface area contributed by atoms with Crippen LogP contribution in [0, 0.1) is 11.4 Å². The number of fused-ring (bicyclic) bond motifs is 1. The number of nitrogens with one attached hydrogen (secondary N) is 1. The summed E-state index contributed by atoms with van der Waals surface area (Å²) in [4.78, 5) is 0. The van der Waals surface area contributed by atoms with Gasteiger partial charge in [0.05, 0.1) is 4.51 Å². The zero-order valence-corrected chi connectivity index (χ0v) is 8.35. The van der Waals surface area contributed by atoms with Crippen LogP contribution in [0.5, 0.6) is 0 Å². The molecule has 1 N–H and O–H groups in total. The molecule has 0 atom stereocenters. The smallest absolute Gasteiger partial charge is 0.193 e. The minimum Gasteiger partial charge on any atom is -0.295 e. The molecule has 0 radical (unpaired) electrons. The first kappa shape index (κ1) is 8.37. The fourth-order valence-corrected chi connectivity index (χ4v) is 1.89. The summed E-state index contributed by atoms with van der Waals surface area (Å²) in [5.74, 6) is 0. The normalized spacial score (nSPS) is 10.9. The highest BCUT2D eigenvalue weighted by Crippen LogP contribution is 2.11. The number of hydrogen-bond donors (Lipinski definition) is 1. The average molecular weight is 194 g/mol. The van der Waals surface area contributed by atoms with Crippen molar-refractivity contribution in [2.45, 2.75) is 20.3 Å². The van der Waals surface area contributed by atoms with Gasteiger partial charge in [-0.3, -0.25) is 5.10 Å². The number of hydrogen-bond acceptors (Lipinski definition) is 3. The van der Waals surface area contributed by atoms with Crippen LogP contribution in [0.1, 0.15) is 18.2 Å². The minimum atomic E-state index is 0.734. The molecule has 0 aliphatic heterocycles. The van der Waals surface area contributed by atoms with E-state index in [2.05, 4.69) is 22.2 Å². The zero-order chi connectivity index (χ0) is 9.42. The van der Waals surface area contributed by atoms with Crippen LogP contribution in [0.3, 0.4) is 0 Å². The highest BCUT2D eigenvalue weighted by Gasteiger charge is 2.05. The number of H-pyrrole nitrogens is 1. The molecule has 2 aromatic heterocycles. The Morgan fingerprint density at radius 2 is 2.38 bits per heavy atom. The molecule has 68 valence electrons. The first-order chi connectivity index (χ1) is 6.24. The van der Waals surface area contributed by atoms with Crippen molar-refractivity contribution in [3.8, 4) is 0 Å². The van der Waals surface area contributed by atoms with Gasteiger partial charge in [-0.1, -0.05) is 19.1 Å². The van der Waals surface area contributed by atoms with Gasteiger partial charge in [-0.25, -0.2) is 4.52 Å². The predicted molar refractivity (Wildman–Crippen MR) is 52.3 cm³/mol. The van der Waals surface area contributed by atoms with E-state index in [4.69, 9.17) is 12.2 Å². The van der Waals surface area contributed by atoms with Crippen molar-refractivity contribution >= 4 is 17.9 Å². The summed E-state index contributed by atoms with van der Waals surface area (Å²) in [5.41, 5.74) is 2.97. The second-order valence-corrected chi connectivity index (χ2v) is 3.33. The largest absolute Gasteiger partial charge is 0.295 e. The highest BCUT2D eigenvalue weighted by atomic mass is 32.1. The Bertz CT molecular complexity index is 496. The maximum Gasteiger partial charge on any atom is 0.193 e. The first-order valence-electron chi connectivity index (χ1n) is 4.15. The molecule has 0 saturated carbocycles. The Morgan fingerprint density at radius 3 is 3.08 bits per heavy atom. The van der Waals surface area contributed by atoms with Gasteiger partial charge in [-0.05, 0) is 18.9 Å². The molecule has 0 aliphatic carbocycles. The molecule has 4 nitrogen and oxygen atoms in total. The van der Waals surface area contributed by atoms with Gasteiger partial charge >= 0.3 is 0 Å². The minimum absolute atomic E-state index is 0.734. The lowest BCUT2D eigenvalue weighted by atomic mass is 10.2. The summed E-state index contributed by atoms with van der Waals surface area (Å²) >= 11 is 5.29. The number of aromatic amines is 1. The summed E-state index contributed by atoms with van der Waals surface area (Å²) in [6.45, 7) is 4.09. The molecule has 0 spiro atoms. The summed E-state index contributed by atoms with van der Waals surface area (Å²) in [6, 6.07) is 0. The van der Waals surface area contributed by atoms with Gasteiger partial charge < -0.3 is 0 Å². The van der Waals surface area contributed by atoms with Crippen molar-refractivity contribution in [1.29, 1.82) is 0 Å². The number of nitrogens with zero attached hydrogens (tertiary/aromatic N) is 3. The van der Waals surface area contributed by atoms with Crippen LogP contribution in [0.15, 0.2) is 6.33 Å². The Labute approximate surface area is 80.6 Å². The fourth-order valence-electron chi connectivity index (χ4n) is 1.45. The first-order valence-corrected chi connectivity index (χ1v) is 4.56. The van der Waals surface area contributed by atoms with Crippen LogP contribution < -0.4 is 0 Å². The van der Waals surface area contributed by atoms with E-state index in [1.807, 2.05) is 6.92 Å². The second kappa shape index (κ2) is 2.92. The zero-order valence-electron chi connectivity index (χ0n) is 7.53. The van der Waals surface area contributed by atoms with Crippen molar-refractivity contribution in [3.63, 3.8) is 0 Å². The predicted octanol–water partition coefficient (Wildman–Crippen LogP) is 1.66. The van der Waals surface area contributed by atoms with E-state index in [1.165, 1.54) is 0 Å². The Balaban J connectivity index is 2.93. The molecule has 2 aromatic rings. The fraction of sp³-hybridized carbons (Fsp3) is 0.375. The summed E-state index contributed by atoms with van der Waals surface area (Å²) in [6.07, 6.45) is 2.54. The molecule has 0 amide bonds. The molecule has 2 rings (SSSR count). The van der Waals surface area contributed by atoms with E-state index >= 15 is 0 Å². The summed E-state index contributed by atoms with van der Waals surface area (Å²) in [7, 11) is 0. The quantitative estimate of drug-likeness (QED) is 0.702. The standard InChI is InChI=1S/C8H10N4S/c1-3-6-5(2)11-12-4-9-10-8(12)7(6)13/h4,11H,3H2,1-2H3. The van der Waals surface area contributed by atoms with E-state index in [-0.39, 0.29) is 0 Å². The molecule has 0 aromatic carbocycles. The van der Waals surface area contributed by atoms with Crippen molar-refractivity contribution in [2.75, 3.05) is 0 Å². The SMILES string of the molecule is CCc1c(C)[nH]n2cnnc2c1=S. The molecule has 0 fully saturated rings. The lowest BCUT2D eigenvalue weighted by molar-refractivity contribution is 0.866. The van der Waals surface area contributed by atoms with E-state index in [0.29, 0.717) is 0 Å². The van der Waals surface area contributed by atoms with Gasteiger partial charge in [0.25, 0.3) is 0 Å². The van der Waals surface area contributed by atoms with Crippen molar-refractivity contribution in [1.82, 2.24) is 19.8 Å². The highest BCUT2D eigenvalue weighted by molar-refractivity contribution is 7.71. The van der Waals surface area contributed by atoms with E-state index in [9.17, 15) is 0 Å². The maximum atomic E-state index is 5.29. The van der Waals surface area contributed by atoms with Crippen LogP contribution in [0.25, 0.3) is 5.65 Å². The van der Waals surface area contributed by atoms with Gasteiger partial charge in [0.15, 0.2) is 5.65 Å². The summed E-state index contributed by atoms with van der Waals surface area (Å²) < 4.78 is 2.55. The van der Waals surface area contributed by atoms with E-state index < -0.39 is 0 Å². The van der Waals surface area contributed by atoms with Crippen LogP contribution in [-0.4, -0.2) is 19.8 Å². The molecule has 13 heavy (non-hydrogen) atoms. The maximum absolute atomic E-state index is 5.29. The van der Waals surface area contributed by atoms with Crippen molar-refractivity contribution < 1.29 is 0 Å². The van der Waals surface area contributed by atoms with Gasteiger partial charge in [-0.15, -0.1) is 10.2 Å². The van der Waals surface area contributed by atoms with Crippen molar-refractivity contribution in [2.24, 2.45) is 0 Å². The third kappa shape index (κ3) is 1.16. The molecule has 0 unspecified atom stereocenters. The topological polar surface area (TPSA) is 46.0 Å². The lowest BCUT2D eigenvalue weighted by Gasteiger charge is -2.03. The number of aryl methyl sites for hydroxylation is 1. The molecule has 0 saturated heterocycles. The molecular formula is C8H10N4S. The Kier molecular flexibility index (Phi) is 1.88. The average Bonchev–Trinajstić information content (AvgIpc) is 2.53. The molecule has 2 heterocycles. The van der Waals surface area contributed by atoms with Crippen molar-refractivity contribution in [3.05, 3.63) is 22.1 Å². The van der Waals surface area contributed by atoms with Crippen LogP contribution >= 0.6 is 12.2 Å². The third-order valence-electron chi connectivity index (χ3n) is 2.12. The van der Waals surface area contributed by atoms with Gasteiger partial charge in [0, 0.05) is 5.69 Å². The lowest BCUT2D eigenvalue weighted by Crippen LogP contribution is -2.00. The number of aromatic nitrogens is 4. The van der Waals surface area contributed by atoms with Crippen LogP contribution in [0.4, 0.5) is 0 Å². The second-order valence-electron chi connectivity index (χ2n) is 2.92. The van der Waals surface area contributed by atoms with E-state index in [1.54, 1.807) is 10.8 Å². The third-order valence-corrected chi connectivity index (χ3v) is 2.55. The van der Waals surface area contributed by atoms with Gasteiger partial charge in [0.1, 0.15) is 6.33 Å². The van der Waals surface area contributed by atoms with Crippen LogP contribution in [0.2, 0.25) is 0 Å². The molecular weight excluding hydrogens is 184 g/mol. The Morgan fingerprint density at radius 1 is 1.62 bits per heavy atom. The van der Waals surface area contributed by atoms with Crippen LogP contribution in [-0.2, 0) is 6.42 Å². The number of rotatable bonds is 1. The van der Waals surface area contributed by atoms with Gasteiger partial charge in [0.2, 0.25) is 0 Å². The Hall–Kier alpha value is -1.23. The molecule has 5 heteroatoms.